The zero-order chi connectivity index (χ0) is 18.1. The van der Waals surface area contributed by atoms with Crippen molar-refractivity contribution in [2.45, 2.75) is 57.0 Å². The van der Waals surface area contributed by atoms with E-state index in [2.05, 4.69) is 5.32 Å². The summed E-state index contributed by atoms with van der Waals surface area (Å²) in [6.07, 6.45) is 7.09. The number of nitrogens with one attached hydrogen (secondary N) is 1. The lowest BCUT2D eigenvalue weighted by Gasteiger charge is -2.57. The maximum absolute atomic E-state index is 13.0. The van der Waals surface area contributed by atoms with Crippen LogP contribution in [0, 0.1) is 17.8 Å². The maximum atomic E-state index is 13.0. The molecule has 1 heterocycles. The van der Waals surface area contributed by atoms with Gasteiger partial charge in [0, 0.05) is 5.54 Å². The van der Waals surface area contributed by atoms with Crippen LogP contribution in [-0.4, -0.2) is 34.2 Å². The van der Waals surface area contributed by atoms with Crippen molar-refractivity contribution in [3.8, 4) is 0 Å². The second-order valence-electron chi connectivity index (χ2n) is 8.89. The van der Waals surface area contributed by atoms with Gasteiger partial charge >= 0.3 is 0 Å². The highest BCUT2D eigenvalue weighted by molar-refractivity contribution is 6.22. The highest BCUT2D eigenvalue weighted by Crippen LogP contribution is 2.55. The second kappa shape index (κ2) is 5.41. The molecule has 26 heavy (non-hydrogen) atoms. The van der Waals surface area contributed by atoms with Gasteiger partial charge in [-0.15, -0.1) is 0 Å². The van der Waals surface area contributed by atoms with Crippen molar-refractivity contribution >= 4 is 17.7 Å². The van der Waals surface area contributed by atoms with E-state index in [1.807, 2.05) is 0 Å². The lowest BCUT2D eigenvalue weighted by Crippen LogP contribution is -2.62. The zero-order valence-corrected chi connectivity index (χ0v) is 15.0. The van der Waals surface area contributed by atoms with Crippen LogP contribution in [0.25, 0.3) is 0 Å². The van der Waals surface area contributed by atoms with Gasteiger partial charge in [-0.3, -0.25) is 19.3 Å². The minimum atomic E-state index is -0.782. The minimum absolute atomic E-state index is 0.112. The van der Waals surface area contributed by atoms with Crippen molar-refractivity contribution in [3.63, 3.8) is 0 Å². The number of hydrogen-bond acceptors (Lipinski definition) is 3. The van der Waals surface area contributed by atoms with Crippen LogP contribution in [0.3, 0.4) is 0 Å². The van der Waals surface area contributed by atoms with E-state index in [0.29, 0.717) is 11.1 Å². The van der Waals surface area contributed by atoms with Gasteiger partial charge in [0.2, 0.25) is 5.91 Å². The zero-order valence-electron chi connectivity index (χ0n) is 15.0. The Morgan fingerprint density at radius 3 is 1.92 bits per heavy atom. The first-order valence-electron chi connectivity index (χ1n) is 9.75. The molecule has 4 bridgehead atoms. The summed E-state index contributed by atoms with van der Waals surface area (Å²) in [5, 5.41) is 3.28. The number of rotatable bonds is 3. The van der Waals surface area contributed by atoms with Crippen LogP contribution in [0.5, 0.6) is 0 Å². The van der Waals surface area contributed by atoms with Gasteiger partial charge in [0.25, 0.3) is 11.8 Å². The van der Waals surface area contributed by atoms with E-state index in [-0.39, 0.29) is 23.3 Å². The standard InChI is InChI=1S/C21H24N2O3/c1-12(23-19(25)16-4-2-3-5-17(16)20(23)26)18(24)22-21-9-13-6-14(10-21)8-15(7-13)11-21/h2-5,12-15H,6-11H2,1H3,(H,22,24)/t12-,13?,14?,15?,21?/m1/s1. The summed E-state index contributed by atoms with van der Waals surface area (Å²) in [5.41, 5.74) is 0.678. The first-order valence-corrected chi connectivity index (χ1v) is 9.75. The molecule has 5 aliphatic rings. The molecule has 6 rings (SSSR count). The van der Waals surface area contributed by atoms with Crippen molar-refractivity contribution < 1.29 is 14.4 Å². The van der Waals surface area contributed by atoms with E-state index in [1.54, 1.807) is 31.2 Å². The molecular weight excluding hydrogens is 328 g/mol. The van der Waals surface area contributed by atoms with Gasteiger partial charge in [-0.25, -0.2) is 0 Å². The molecule has 0 spiro atoms. The van der Waals surface area contributed by atoms with Crippen molar-refractivity contribution in [2.24, 2.45) is 17.8 Å². The predicted octanol–water partition coefficient (Wildman–Crippen LogP) is 2.76. The maximum Gasteiger partial charge on any atom is 0.262 e. The fourth-order valence-electron chi connectivity index (χ4n) is 6.31. The van der Waals surface area contributed by atoms with Gasteiger partial charge in [-0.2, -0.15) is 0 Å². The molecule has 1 aromatic carbocycles. The van der Waals surface area contributed by atoms with Crippen LogP contribution >= 0.6 is 0 Å². The van der Waals surface area contributed by atoms with Gasteiger partial charge in [0.05, 0.1) is 11.1 Å². The van der Waals surface area contributed by atoms with Gasteiger partial charge in [0.15, 0.2) is 0 Å². The van der Waals surface area contributed by atoms with Crippen molar-refractivity contribution in [1.82, 2.24) is 10.2 Å². The molecule has 4 saturated carbocycles. The van der Waals surface area contributed by atoms with E-state index in [1.165, 1.54) is 19.3 Å². The van der Waals surface area contributed by atoms with Gasteiger partial charge in [0.1, 0.15) is 6.04 Å². The first-order chi connectivity index (χ1) is 12.5. The summed E-state index contributed by atoms with van der Waals surface area (Å²) < 4.78 is 0. The Kier molecular flexibility index (Phi) is 3.34. The average molecular weight is 352 g/mol. The molecular formula is C21H24N2O3. The number of imide groups is 1. The molecule has 0 unspecified atom stereocenters. The van der Waals surface area contributed by atoms with Crippen molar-refractivity contribution in [2.75, 3.05) is 0 Å². The van der Waals surface area contributed by atoms with Gasteiger partial charge in [-0.1, -0.05) is 12.1 Å². The summed E-state index contributed by atoms with van der Waals surface area (Å²) in [4.78, 5) is 39.4. The van der Waals surface area contributed by atoms with Crippen LogP contribution in [0.1, 0.15) is 66.2 Å². The lowest BCUT2D eigenvalue weighted by molar-refractivity contribution is -0.130. The lowest BCUT2D eigenvalue weighted by atomic mass is 9.53. The normalized spacial score (nSPS) is 35.6. The topological polar surface area (TPSA) is 66.5 Å². The number of carbonyl (C=O) groups is 3. The Bertz CT molecular complexity index is 745. The highest BCUT2D eigenvalue weighted by Gasteiger charge is 2.52. The molecule has 0 aromatic heterocycles. The number of amides is 3. The van der Waals surface area contributed by atoms with Gasteiger partial charge < -0.3 is 5.32 Å². The molecule has 136 valence electrons. The van der Waals surface area contributed by atoms with E-state index in [4.69, 9.17) is 0 Å². The van der Waals surface area contributed by atoms with Crippen LogP contribution in [0.2, 0.25) is 0 Å². The molecule has 3 amide bonds. The Morgan fingerprint density at radius 1 is 1.00 bits per heavy atom. The molecule has 0 radical (unpaired) electrons. The summed E-state index contributed by atoms with van der Waals surface area (Å²) in [6, 6.07) is 6.01. The SMILES string of the molecule is C[C@H](C(=O)NC12CC3CC(CC(C3)C1)C2)N1C(=O)c2ccccc2C1=O. The smallest absolute Gasteiger partial charge is 0.262 e. The monoisotopic (exact) mass is 352 g/mol. The molecule has 5 nitrogen and oxygen atoms in total. The average Bonchev–Trinajstić information content (AvgIpc) is 2.84. The van der Waals surface area contributed by atoms with E-state index in [9.17, 15) is 14.4 Å². The summed E-state index contributed by atoms with van der Waals surface area (Å²) in [5.74, 6) is 1.28. The van der Waals surface area contributed by atoms with Crippen LogP contribution in [0.4, 0.5) is 0 Å². The minimum Gasteiger partial charge on any atom is -0.349 e. The van der Waals surface area contributed by atoms with E-state index >= 15 is 0 Å². The number of fused-ring (bicyclic) bond motifs is 1. The third-order valence-electron chi connectivity index (χ3n) is 7.02. The van der Waals surface area contributed by atoms with E-state index in [0.717, 1.165) is 41.9 Å². The quantitative estimate of drug-likeness (QED) is 0.851. The summed E-state index contributed by atoms with van der Waals surface area (Å²) >= 11 is 0. The van der Waals surface area contributed by atoms with Crippen LogP contribution in [0.15, 0.2) is 24.3 Å². The second-order valence-corrected chi connectivity index (χ2v) is 8.89. The molecule has 4 fully saturated rings. The molecule has 5 heteroatoms. The Balaban J connectivity index is 1.35. The third-order valence-corrected chi connectivity index (χ3v) is 7.02. The fraction of sp³-hybridized carbons (Fsp3) is 0.571. The third kappa shape index (κ3) is 2.25. The van der Waals surface area contributed by atoms with Crippen LogP contribution in [-0.2, 0) is 4.79 Å². The molecule has 0 saturated heterocycles. The molecule has 1 atom stereocenters. The molecule has 1 aliphatic heterocycles. The number of carbonyl (C=O) groups excluding carboxylic acids is 3. The Hall–Kier alpha value is -2.17. The Morgan fingerprint density at radius 2 is 1.46 bits per heavy atom. The molecule has 4 aliphatic carbocycles. The largest absolute Gasteiger partial charge is 0.349 e. The first kappa shape index (κ1) is 16.0. The fourth-order valence-corrected chi connectivity index (χ4v) is 6.31. The van der Waals surface area contributed by atoms with Gasteiger partial charge in [-0.05, 0) is 75.3 Å². The van der Waals surface area contributed by atoms with Crippen LogP contribution < -0.4 is 5.32 Å². The molecule has 1 N–H and O–H groups in total. The summed E-state index contributed by atoms with van der Waals surface area (Å²) in [7, 11) is 0. The van der Waals surface area contributed by atoms with E-state index < -0.39 is 6.04 Å². The van der Waals surface area contributed by atoms with Crippen molar-refractivity contribution in [1.29, 1.82) is 0 Å². The number of nitrogens with zero attached hydrogens (tertiary/aromatic N) is 1. The summed E-state index contributed by atoms with van der Waals surface area (Å²) in [6.45, 7) is 1.66. The van der Waals surface area contributed by atoms with Crippen molar-refractivity contribution in [3.05, 3.63) is 35.4 Å². The number of hydrogen-bond donors (Lipinski definition) is 1. The Labute approximate surface area is 153 Å². The number of benzene rings is 1. The molecule has 1 aromatic rings. The highest BCUT2D eigenvalue weighted by atomic mass is 16.2. The predicted molar refractivity (Wildman–Crippen MR) is 95.4 cm³/mol.